The molecule has 0 amide bonds. The number of anilines is 1. The lowest BCUT2D eigenvalue weighted by Crippen LogP contribution is -2.25. The Kier molecular flexibility index (Phi) is 5.67. The standard InChI is InChI=1S/C14H17N3O4/c1-9(2)21-14(18)10(3)8-16-13-5-4-12(17(19)20)6-11(13)7-15/h4-6,9-10,16H,8H2,1-3H3. The van der Waals surface area contributed by atoms with Gasteiger partial charge in [-0.1, -0.05) is 6.92 Å². The van der Waals surface area contributed by atoms with Crippen LogP contribution in [0.5, 0.6) is 0 Å². The normalized spacial score (nSPS) is 11.6. The van der Waals surface area contributed by atoms with Gasteiger partial charge in [0.25, 0.3) is 5.69 Å². The number of carbonyl (C=O) groups is 1. The summed E-state index contributed by atoms with van der Waals surface area (Å²) in [5, 5.41) is 22.6. The van der Waals surface area contributed by atoms with Gasteiger partial charge in [-0.05, 0) is 19.9 Å². The molecule has 21 heavy (non-hydrogen) atoms. The first-order valence-corrected chi connectivity index (χ1v) is 6.48. The number of hydrogen-bond donors (Lipinski definition) is 1. The van der Waals surface area contributed by atoms with Gasteiger partial charge < -0.3 is 10.1 Å². The number of hydrogen-bond acceptors (Lipinski definition) is 6. The first-order valence-electron chi connectivity index (χ1n) is 6.48. The SMILES string of the molecule is CC(C)OC(=O)C(C)CNc1ccc([N+](=O)[O-])cc1C#N. The fourth-order valence-corrected chi connectivity index (χ4v) is 1.59. The van der Waals surface area contributed by atoms with Gasteiger partial charge in [0.2, 0.25) is 0 Å². The quantitative estimate of drug-likeness (QED) is 0.490. The number of nitrogens with zero attached hydrogens (tertiary/aromatic N) is 2. The molecule has 0 bridgehead atoms. The van der Waals surface area contributed by atoms with Gasteiger partial charge in [-0.3, -0.25) is 14.9 Å². The minimum atomic E-state index is -0.562. The highest BCUT2D eigenvalue weighted by Gasteiger charge is 2.17. The van der Waals surface area contributed by atoms with Crippen molar-refractivity contribution < 1.29 is 14.5 Å². The highest BCUT2D eigenvalue weighted by molar-refractivity contribution is 5.73. The van der Waals surface area contributed by atoms with Gasteiger partial charge in [0, 0.05) is 18.7 Å². The molecule has 0 heterocycles. The van der Waals surface area contributed by atoms with Crippen molar-refractivity contribution in [2.75, 3.05) is 11.9 Å². The molecule has 0 saturated heterocycles. The zero-order valence-electron chi connectivity index (χ0n) is 12.1. The minimum absolute atomic E-state index is 0.149. The van der Waals surface area contributed by atoms with E-state index >= 15 is 0 Å². The summed E-state index contributed by atoms with van der Waals surface area (Å²) in [5.74, 6) is -0.730. The number of benzene rings is 1. The smallest absolute Gasteiger partial charge is 0.310 e. The largest absolute Gasteiger partial charge is 0.463 e. The Morgan fingerprint density at radius 3 is 2.67 bits per heavy atom. The van der Waals surface area contributed by atoms with E-state index in [2.05, 4.69) is 5.32 Å². The highest BCUT2D eigenvalue weighted by atomic mass is 16.6. The summed E-state index contributed by atoms with van der Waals surface area (Å²) >= 11 is 0. The number of nitro benzene ring substituents is 1. The fraction of sp³-hybridized carbons (Fsp3) is 0.429. The van der Waals surface area contributed by atoms with Crippen molar-refractivity contribution in [1.29, 1.82) is 5.26 Å². The number of non-ortho nitro benzene ring substituents is 1. The van der Waals surface area contributed by atoms with Gasteiger partial charge in [-0.25, -0.2) is 0 Å². The van der Waals surface area contributed by atoms with Crippen molar-refractivity contribution >= 4 is 17.3 Å². The number of carbonyl (C=O) groups excluding carboxylic acids is 1. The molecule has 1 aromatic carbocycles. The summed E-state index contributed by atoms with van der Waals surface area (Å²) in [5.41, 5.74) is 0.463. The maximum Gasteiger partial charge on any atom is 0.310 e. The number of ether oxygens (including phenoxy) is 1. The van der Waals surface area contributed by atoms with Gasteiger partial charge in [-0.15, -0.1) is 0 Å². The number of nitriles is 1. The second-order valence-electron chi connectivity index (χ2n) is 4.87. The number of esters is 1. The summed E-state index contributed by atoms with van der Waals surface area (Å²) in [7, 11) is 0. The highest BCUT2D eigenvalue weighted by Crippen LogP contribution is 2.21. The molecule has 112 valence electrons. The number of nitro groups is 1. The average molecular weight is 291 g/mol. The van der Waals surface area contributed by atoms with E-state index in [4.69, 9.17) is 10.00 Å². The molecular weight excluding hydrogens is 274 g/mol. The van der Waals surface area contributed by atoms with Crippen LogP contribution in [0.2, 0.25) is 0 Å². The zero-order chi connectivity index (χ0) is 16.0. The van der Waals surface area contributed by atoms with Gasteiger partial charge in [0.05, 0.1) is 28.2 Å². The van der Waals surface area contributed by atoms with Crippen LogP contribution in [0, 0.1) is 27.4 Å². The van der Waals surface area contributed by atoms with E-state index in [0.717, 1.165) is 0 Å². The van der Waals surface area contributed by atoms with Crippen LogP contribution in [-0.4, -0.2) is 23.5 Å². The lowest BCUT2D eigenvalue weighted by atomic mass is 10.1. The van der Waals surface area contributed by atoms with E-state index in [0.29, 0.717) is 5.69 Å². The van der Waals surface area contributed by atoms with Crippen molar-refractivity contribution in [3.8, 4) is 6.07 Å². The molecule has 1 rings (SSSR count). The summed E-state index contributed by atoms with van der Waals surface area (Å²) in [6.07, 6.45) is -0.186. The lowest BCUT2D eigenvalue weighted by Gasteiger charge is -2.15. The topological polar surface area (TPSA) is 105 Å². The molecule has 0 saturated carbocycles. The lowest BCUT2D eigenvalue weighted by molar-refractivity contribution is -0.384. The molecule has 1 N–H and O–H groups in total. The molecule has 0 radical (unpaired) electrons. The first kappa shape index (κ1) is 16.4. The van der Waals surface area contributed by atoms with Crippen LogP contribution < -0.4 is 5.32 Å². The van der Waals surface area contributed by atoms with Crippen molar-refractivity contribution in [1.82, 2.24) is 0 Å². The van der Waals surface area contributed by atoms with Crippen LogP contribution in [0.1, 0.15) is 26.3 Å². The molecule has 0 aliphatic heterocycles. The predicted molar refractivity (Wildman–Crippen MR) is 76.7 cm³/mol. The number of nitrogens with one attached hydrogen (secondary N) is 1. The molecule has 7 nitrogen and oxygen atoms in total. The van der Waals surface area contributed by atoms with Gasteiger partial charge in [0.15, 0.2) is 0 Å². The van der Waals surface area contributed by atoms with E-state index in [1.54, 1.807) is 20.8 Å². The number of rotatable bonds is 6. The third-order valence-corrected chi connectivity index (χ3v) is 2.69. The van der Waals surface area contributed by atoms with E-state index in [1.807, 2.05) is 6.07 Å². The Morgan fingerprint density at radius 1 is 1.48 bits per heavy atom. The van der Waals surface area contributed by atoms with Crippen molar-refractivity contribution in [2.45, 2.75) is 26.9 Å². The van der Waals surface area contributed by atoms with Crippen LogP contribution in [0.25, 0.3) is 0 Å². The molecule has 0 aliphatic carbocycles. The maximum atomic E-state index is 11.7. The Morgan fingerprint density at radius 2 is 2.14 bits per heavy atom. The molecular formula is C14H17N3O4. The van der Waals surface area contributed by atoms with Gasteiger partial charge >= 0.3 is 5.97 Å². The molecule has 0 aromatic heterocycles. The first-order chi connectivity index (χ1) is 9.85. The van der Waals surface area contributed by atoms with Crippen LogP contribution in [0.3, 0.4) is 0 Å². The van der Waals surface area contributed by atoms with E-state index in [1.165, 1.54) is 18.2 Å². The van der Waals surface area contributed by atoms with Crippen molar-refractivity contribution in [3.63, 3.8) is 0 Å². The van der Waals surface area contributed by atoms with E-state index < -0.39 is 10.8 Å². The van der Waals surface area contributed by atoms with Gasteiger partial charge in [0.1, 0.15) is 6.07 Å². The molecule has 1 unspecified atom stereocenters. The Labute approximate surface area is 122 Å². The average Bonchev–Trinajstić information content (AvgIpc) is 2.43. The van der Waals surface area contributed by atoms with E-state index in [9.17, 15) is 14.9 Å². The van der Waals surface area contributed by atoms with Crippen molar-refractivity contribution in [3.05, 3.63) is 33.9 Å². The predicted octanol–water partition coefficient (Wildman–Crippen LogP) is 2.47. The summed E-state index contributed by atoms with van der Waals surface area (Å²) in [6.45, 7) is 5.51. The zero-order valence-corrected chi connectivity index (χ0v) is 12.1. The summed E-state index contributed by atoms with van der Waals surface area (Å²) in [6, 6.07) is 5.85. The molecule has 0 aliphatic rings. The van der Waals surface area contributed by atoms with Gasteiger partial charge in [-0.2, -0.15) is 5.26 Å². The molecule has 0 spiro atoms. The summed E-state index contributed by atoms with van der Waals surface area (Å²) < 4.78 is 5.07. The third-order valence-electron chi connectivity index (χ3n) is 2.69. The minimum Gasteiger partial charge on any atom is -0.463 e. The van der Waals surface area contributed by atoms with Crippen LogP contribution in [0.15, 0.2) is 18.2 Å². The molecule has 1 aromatic rings. The van der Waals surface area contributed by atoms with E-state index in [-0.39, 0.29) is 29.9 Å². The Bertz CT molecular complexity index is 578. The fourth-order valence-electron chi connectivity index (χ4n) is 1.59. The molecule has 1 atom stereocenters. The monoisotopic (exact) mass is 291 g/mol. The second-order valence-corrected chi connectivity index (χ2v) is 4.87. The van der Waals surface area contributed by atoms with Crippen LogP contribution in [-0.2, 0) is 9.53 Å². The molecule has 7 heteroatoms. The molecule has 0 fully saturated rings. The maximum absolute atomic E-state index is 11.7. The third kappa shape index (κ3) is 4.76. The Hall–Kier alpha value is -2.62. The van der Waals surface area contributed by atoms with Crippen molar-refractivity contribution in [2.24, 2.45) is 5.92 Å². The Balaban J connectivity index is 2.74. The van der Waals surface area contributed by atoms with Crippen LogP contribution in [0.4, 0.5) is 11.4 Å². The summed E-state index contributed by atoms with van der Waals surface area (Å²) in [4.78, 5) is 21.7. The second kappa shape index (κ2) is 7.24. The van der Waals surface area contributed by atoms with Crippen LogP contribution >= 0.6 is 0 Å².